The van der Waals surface area contributed by atoms with Crippen molar-refractivity contribution in [3.05, 3.63) is 59.7 Å². The first kappa shape index (κ1) is 17.0. The predicted molar refractivity (Wildman–Crippen MR) is 93.9 cm³/mol. The van der Waals surface area contributed by atoms with Crippen molar-refractivity contribution in [2.75, 3.05) is 19.0 Å². The van der Waals surface area contributed by atoms with E-state index in [2.05, 4.69) is 35.8 Å². The normalized spacial score (nSPS) is 11.8. The highest BCUT2D eigenvalue weighted by Gasteiger charge is 2.06. The summed E-state index contributed by atoms with van der Waals surface area (Å²) in [6.07, 6.45) is 0.958. The Kier molecular flexibility index (Phi) is 6.18. The number of ether oxygens (including phenoxy) is 1. The molecule has 0 bridgehead atoms. The van der Waals surface area contributed by atoms with Gasteiger partial charge in [0.2, 0.25) is 5.91 Å². The van der Waals surface area contributed by atoms with E-state index in [1.54, 1.807) is 7.11 Å². The quantitative estimate of drug-likeness (QED) is 0.822. The molecule has 4 nitrogen and oxygen atoms in total. The number of hydrogen-bond donors (Lipinski definition) is 2. The Morgan fingerprint density at radius 3 is 2.57 bits per heavy atom. The van der Waals surface area contributed by atoms with Crippen molar-refractivity contribution in [3.8, 4) is 5.75 Å². The Labute approximate surface area is 137 Å². The standard InChI is InChI=1S/C19H24N2O2/c1-14(17-5-4-6-18(13-17)21-15(2)22)20-12-11-16-7-9-19(23-3)10-8-16/h4-10,13-14,20H,11-12H2,1-3H3,(H,21,22). The number of rotatable bonds is 7. The maximum atomic E-state index is 11.1. The lowest BCUT2D eigenvalue weighted by Gasteiger charge is -2.15. The van der Waals surface area contributed by atoms with Crippen LogP contribution in [-0.4, -0.2) is 19.6 Å². The van der Waals surface area contributed by atoms with Gasteiger partial charge in [-0.1, -0.05) is 24.3 Å². The van der Waals surface area contributed by atoms with Crippen LogP contribution in [0.1, 0.15) is 31.0 Å². The smallest absolute Gasteiger partial charge is 0.221 e. The molecule has 0 spiro atoms. The van der Waals surface area contributed by atoms with Gasteiger partial charge in [-0.15, -0.1) is 0 Å². The molecule has 23 heavy (non-hydrogen) atoms. The fourth-order valence-electron chi connectivity index (χ4n) is 2.43. The minimum Gasteiger partial charge on any atom is -0.497 e. The molecule has 0 aliphatic carbocycles. The molecule has 0 radical (unpaired) electrons. The highest BCUT2D eigenvalue weighted by Crippen LogP contribution is 2.17. The SMILES string of the molecule is COc1ccc(CCNC(C)c2cccc(NC(C)=O)c2)cc1. The summed E-state index contributed by atoms with van der Waals surface area (Å²) in [5.41, 5.74) is 3.27. The lowest BCUT2D eigenvalue weighted by atomic mass is 10.1. The molecule has 0 aliphatic rings. The lowest BCUT2D eigenvalue weighted by Crippen LogP contribution is -2.21. The Balaban J connectivity index is 1.86. The summed E-state index contributed by atoms with van der Waals surface area (Å²) in [4.78, 5) is 11.1. The summed E-state index contributed by atoms with van der Waals surface area (Å²) in [6, 6.07) is 16.3. The first-order valence-corrected chi connectivity index (χ1v) is 7.82. The first-order valence-electron chi connectivity index (χ1n) is 7.82. The van der Waals surface area contributed by atoms with Gasteiger partial charge in [-0.25, -0.2) is 0 Å². The predicted octanol–water partition coefficient (Wildman–Crippen LogP) is 3.55. The van der Waals surface area contributed by atoms with Gasteiger partial charge in [-0.3, -0.25) is 4.79 Å². The van der Waals surface area contributed by atoms with Crippen LogP contribution >= 0.6 is 0 Å². The molecule has 0 saturated carbocycles. The molecule has 0 saturated heterocycles. The van der Waals surface area contributed by atoms with Crippen molar-refractivity contribution >= 4 is 11.6 Å². The van der Waals surface area contributed by atoms with E-state index in [0.29, 0.717) is 0 Å². The van der Waals surface area contributed by atoms with E-state index in [0.717, 1.165) is 30.0 Å². The second kappa shape index (κ2) is 8.34. The third-order valence-electron chi connectivity index (χ3n) is 3.73. The third kappa shape index (κ3) is 5.42. The molecule has 0 aromatic heterocycles. The Morgan fingerprint density at radius 1 is 1.17 bits per heavy atom. The van der Waals surface area contributed by atoms with Crippen LogP contribution in [0.5, 0.6) is 5.75 Å². The fourth-order valence-corrected chi connectivity index (χ4v) is 2.43. The molecule has 1 unspecified atom stereocenters. The molecule has 1 atom stereocenters. The molecule has 0 aliphatic heterocycles. The molecule has 4 heteroatoms. The van der Waals surface area contributed by atoms with Crippen molar-refractivity contribution in [2.45, 2.75) is 26.3 Å². The molecule has 2 aromatic rings. The number of amides is 1. The number of methoxy groups -OCH3 is 1. The molecular formula is C19H24N2O2. The zero-order chi connectivity index (χ0) is 16.7. The van der Waals surface area contributed by atoms with Gasteiger partial charge in [0.15, 0.2) is 0 Å². The second-order valence-corrected chi connectivity index (χ2v) is 5.58. The second-order valence-electron chi connectivity index (χ2n) is 5.58. The topological polar surface area (TPSA) is 50.4 Å². The van der Waals surface area contributed by atoms with Gasteiger partial charge in [0.05, 0.1) is 7.11 Å². The summed E-state index contributed by atoms with van der Waals surface area (Å²) in [5, 5.41) is 6.33. The van der Waals surface area contributed by atoms with Gasteiger partial charge in [-0.05, 0) is 55.3 Å². The summed E-state index contributed by atoms with van der Waals surface area (Å²) < 4.78 is 5.16. The minimum absolute atomic E-state index is 0.0535. The third-order valence-corrected chi connectivity index (χ3v) is 3.73. The zero-order valence-electron chi connectivity index (χ0n) is 13.9. The van der Waals surface area contributed by atoms with Gasteiger partial charge in [0.25, 0.3) is 0 Å². The molecular weight excluding hydrogens is 288 g/mol. The number of anilines is 1. The average molecular weight is 312 g/mol. The van der Waals surface area contributed by atoms with Crippen LogP contribution in [-0.2, 0) is 11.2 Å². The minimum atomic E-state index is -0.0535. The van der Waals surface area contributed by atoms with Crippen molar-refractivity contribution in [1.29, 1.82) is 0 Å². The Hall–Kier alpha value is -2.33. The molecule has 0 heterocycles. The van der Waals surface area contributed by atoms with Gasteiger partial charge in [0, 0.05) is 18.7 Å². The van der Waals surface area contributed by atoms with Crippen LogP contribution < -0.4 is 15.4 Å². The van der Waals surface area contributed by atoms with Crippen LogP contribution in [0.15, 0.2) is 48.5 Å². The largest absolute Gasteiger partial charge is 0.497 e. The van der Waals surface area contributed by atoms with Gasteiger partial charge < -0.3 is 15.4 Å². The summed E-state index contributed by atoms with van der Waals surface area (Å²) >= 11 is 0. The number of benzene rings is 2. The highest BCUT2D eigenvalue weighted by atomic mass is 16.5. The van der Waals surface area contributed by atoms with Crippen LogP contribution in [0.4, 0.5) is 5.69 Å². The molecule has 122 valence electrons. The van der Waals surface area contributed by atoms with E-state index >= 15 is 0 Å². The zero-order valence-corrected chi connectivity index (χ0v) is 13.9. The summed E-state index contributed by atoms with van der Waals surface area (Å²) in [7, 11) is 1.67. The number of carbonyl (C=O) groups is 1. The number of nitrogens with one attached hydrogen (secondary N) is 2. The number of hydrogen-bond acceptors (Lipinski definition) is 3. The van der Waals surface area contributed by atoms with Gasteiger partial charge in [-0.2, -0.15) is 0 Å². The highest BCUT2D eigenvalue weighted by molar-refractivity contribution is 5.88. The maximum absolute atomic E-state index is 11.1. The summed E-state index contributed by atoms with van der Waals surface area (Å²) in [5.74, 6) is 0.826. The molecule has 2 N–H and O–H groups in total. The van der Waals surface area contributed by atoms with Crippen molar-refractivity contribution in [3.63, 3.8) is 0 Å². The van der Waals surface area contributed by atoms with E-state index in [9.17, 15) is 4.79 Å². The van der Waals surface area contributed by atoms with E-state index in [4.69, 9.17) is 4.74 Å². The van der Waals surface area contributed by atoms with E-state index < -0.39 is 0 Å². The lowest BCUT2D eigenvalue weighted by molar-refractivity contribution is -0.114. The monoisotopic (exact) mass is 312 g/mol. The van der Waals surface area contributed by atoms with Crippen LogP contribution in [0.3, 0.4) is 0 Å². The molecule has 0 fully saturated rings. The molecule has 1 amide bonds. The van der Waals surface area contributed by atoms with Crippen LogP contribution in [0.2, 0.25) is 0 Å². The van der Waals surface area contributed by atoms with E-state index in [-0.39, 0.29) is 11.9 Å². The Bertz CT molecular complexity index is 638. The van der Waals surface area contributed by atoms with Gasteiger partial charge >= 0.3 is 0 Å². The van der Waals surface area contributed by atoms with Crippen LogP contribution in [0.25, 0.3) is 0 Å². The maximum Gasteiger partial charge on any atom is 0.221 e. The van der Waals surface area contributed by atoms with Crippen molar-refractivity contribution in [1.82, 2.24) is 5.32 Å². The summed E-state index contributed by atoms with van der Waals surface area (Å²) in [6.45, 7) is 4.53. The Morgan fingerprint density at radius 2 is 1.91 bits per heavy atom. The van der Waals surface area contributed by atoms with Crippen LogP contribution in [0, 0.1) is 0 Å². The molecule has 2 aromatic carbocycles. The van der Waals surface area contributed by atoms with Crippen molar-refractivity contribution < 1.29 is 9.53 Å². The van der Waals surface area contributed by atoms with E-state index in [1.807, 2.05) is 30.3 Å². The van der Waals surface area contributed by atoms with E-state index in [1.165, 1.54) is 12.5 Å². The fraction of sp³-hybridized carbons (Fsp3) is 0.316. The number of carbonyl (C=O) groups excluding carboxylic acids is 1. The van der Waals surface area contributed by atoms with Gasteiger partial charge in [0.1, 0.15) is 5.75 Å². The van der Waals surface area contributed by atoms with Crippen molar-refractivity contribution in [2.24, 2.45) is 0 Å². The first-order chi connectivity index (χ1) is 11.1. The average Bonchev–Trinajstić information content (AvgIpc) is 2.55. The molecule has 2 rings (SSSR count).